The Morgan fingerprint density at radius 3 is 1.53 bits per heavy atom. The first-order valence-electron chi connectivity index (χ1n) is 25.7. The molecule has 9 rings (SSSR count). The van der Waals surface area contributed by atoms with Crippen molar-refractivity contribution in [2.24, 2.45) is 17.8 Å². The monoisotopic (exact) mass is 1010 g/mol. The summed E-state index contributed by atoms with van der Waals surface area (Å²) in [6.45, 7) is 13.6. The van der Waals surface area contributed by atoms with Gasteiger partial charge >= 0.3 is 73.4 Å². The van der Waals surface area contributed by atoms with Crippen LogP contribution in [0.25, 0.3) is 0 Å². The number of benzene rings is 3. The molecule has 3 saturated carbocycles. The van der Waals surface area contributed by atoms with Crippen LogP contribution in [-0.4, -0.2) is 43.5 Å². The number of allylic oxidation sites excluding steroid dienone is 2. The molecule has 350 valence electrons. The molecule has 6 aliphatic rings. The third-order valence-corrected chi connectivity index (χ3v) is 21.4. The van der Waals surface area contributed by atoms with E-state index in [9.17, 15) is 0 Å². The van der Waals surface area contributed by atoms with Crippen LogP contribution in [0.15, 0.2) is 115 Å². The van der Waals surface area contributed by atoms with Crippen LogP contribution in [0, 0.1) is 24.4 Å². The maximum absolute atomic E-state index is 5.67. The zero-order valence-corrected chi connectivity index (χ0v) is 44.0. The van der Waals surface area contributed by atoms with Gasteiger partial charge in [-0.15, -0.1) is 0 Å². The van der Waals surface area contributed by atoms with E-state index >= 15 is 0 Å². The van der Waals surface area contributed by atoms with Gasteiger partial charge in [-0.1, -0.05) is 178 Å². The number of halogens is 2. The summed E-state index contributed by atoms with van der Waals surface area (Å²) in [5.74, 6) is 1.84. The van der Waals surface area contributed by atoms with Crippen molar-refractivity contribution in [3.63, 3.8) is 0 Å². The second kappa shape index (κ2) is 26.4. The first-order valence-corrected chi connectivity index (χ1v) is 32.8. The van der Waals surface area contributed by atoms with E-state index in [4.69, 9.17) is 19.4 Å². The average molecular weight is 1010 g/mol. The molecule has 0 bridgehead atoms. The topological polar surface area (TPSA) is 6.48 Å². The summed E-state index contributed by atoms with van der Waals surface area (Å²) in [5, 5.41) is 0. The van der Waals surface area contributed by atoms with Crippen LogP contribution in [0.5, 0.6) is 0 Å². The fourth-order valence-corrected chi connectivity index (χ4v) is 18.9. The Morgan fingerprint density at radius 2 is 1.06 bits per heavy atom. The van der Waals surface area contributed by atoms with E-state index in [0.717, 1.165) is 5.56 Å². The van der Waals surface area contributed by atoms with E-state index in [1.807, 2.05) is 34.9 Å². The summed E-state index contributed by atoms with van der Waals surface area (Å²) in [6, 6.07) is 33.6. The standard InChI is InChI=1S/C33H42N2.C18H33P.C7H6.2ClH.Ru/c1-24(2)28-19-11-13-21-30(28)34-23-35(31-22-14-12-20-29(31)25(3)4)33(27-17-9-6-10-18-27)32(34)26-15-7-5-8-16-26;1-4-10-16(11-5-1)19(17-12-6-2-7-13-17)18-14-8-3-9-15-18;1-7-5-3-2-4-6-7;;;/h5-10,13,15-18,20-21,24-25,28,30-33H,11-12,14,19,22H2,1-4H3;16-18H,1-15H2;1-6H;2*1H;/q;;;;;+2/p-2/t28?,30?,31?,32-,33-;;;;;/m1...../s1. The zero-order valence-electron chi connectivity index (χ0n) is 39.8. The van der Waals surface area contributed by atoms with Gasteiger partial charge in [0.25, 0.3) is 0 Å². The van der Waals surface area contributed by atoms with Crippen molar-refractivity contribution in [1.82, 2.24) is 9.80 Å². The summed E-state index contributed by atoms with van der Waals surface area (Å²) < 4.78 is 1.92. The minimum atomic E-state index is -1.61. The molecule has 2 radical (unpaired) electrons. The van der Waals surface area contributed by atoms with Crippen molar-refractivity contribution in [3.05, 3.63) is 138 Å². The van der Waals surface area contributed by atoms with Gasteiger partial charge in [-0.25, -0.2) is 0 Å². The van der Waals surface area contributed by atoms with Crippen molar-refractivity contribution < 1.29 is 13.5 Å². The minimum absolute atomic E-state index is 0.239. The van der Waals surface area contributed by atoms with Crippen molar-refractivity contribution in [2.75, 3.05) is 0 Å². The molecule has 64 heavy (non-hydrogen) atoms. The van der Waals surface area contributed by atoms with E-state index in [1.165, 1.54) is 79.5 Å². The van der Waals surface area contributed by atoms with Gasteiger partial charge in [-0.05, 0) is 116 Å². The van der Waals surface area contributed by atoms with Crippen LogP contribution in [-0.2, 0) is 13.5 Å². The molecule has 3 aromatic carbocycles. The van der Waals surface area contributed by atoms with Crippen molar-refractivity contribution in [3.8, 4) is 0 Å². The van der Waals surface area contributed by atoms with E-state index in [2.05, 4.69) is 123 Å². The molecule has 6 heteroatoms. The summed E-state index contributed by atoms with van der Waals surface area (Å²) in [4.78, 5) is 5.26. The Kier molecular flexibility index (Phi) is 20.8. The van der Waals surface area contributed by atoms with Crippen molar-refractivity contribution in [2.45, 2.75) is 197 Å². The second-order valence-corrected chi connectivity index (χ2v) is 29.2. The van der Waals surface area contributed by atoms with Crippen LogP contribution < -0.4 is 0 Å². The van der Waals surface area contributed by atoms with E-state index in [0.29, 0.717) is 37.8 Å². The van der Waals surface area contributed by atoms with Crippen LogP contribution in [0.4, 0.5) is 0 Å². The molecule has 1 heterocycles. The summed E-state index contributed by atoms with van der Waals surface area (Å²) in [7, 11) is 11.7. The molecule has 0 spiro atoms. The Labute approximate surface area is 405 Å². The number of hydrogen-bond donors (Lipinski definition) is 0. The third kappa shape index (κ3) is 13.8. The molecule has 0 aromatic heterocycles. The predicted octanol–water partition coefficient (Wildman–Crippen LogP) is 17.4. The van der Waals surface area contributed by atoms with Crippen molar-refractivity contribution in [1.29, 1.82) is 0 Å². The number of nitrogens with zero attached hydrogens (tertiary/aromatic N) is 2. The third-order valence-electron chi connectivity index (χ3n) is 15.5. The van der Waals surface area contributed by atoms with Gasteiger partial charge in [0, 0.05) is 12.1 Å². The maximum atomic E-state index is 5.67. The molecule has 1 saturated heterocycles. The molecule has 5 atom stereocenters. The van der Waals surface area contributed by atoms with E-state index in [1.54, 1.807) is 82.6 Å². The van der Waals surface area contributed by atoms with Gasteiger partial charge in [-0.3, -0.25) is 9.80 Å². The number of hydrogen-bond acceptors (Lipinski definition) is 2. The summed E-state index contributed by atoms with van der Waals surface area (Å²) >= 11 is -1.61. The normalized spacial score (nSPS) is 26.8. The average Bonchev–Trinajstić information content (AvgIpc) is 3.74. The van der Waals surface area contributed by atoms with Gasteiger partial charge in [0.15, 0.2) is 0 Å². The number of rotatable bonds is 10. The molecule has 3 aromatic rings. The fraction of sp³-hybridized carbons (Fsp3) is 0.586. The molecule has 0 N–H and O–H groups in total. The summed E-state index contributed by atoms with van der Waals surface area (Å²) in [5.41, 5.74) is 9.07. The molecule has 4 fully saturated rings. The Bertz CT molecular complexity index is 1770. The quantitative estimate of drug-likeness (QED) is 0.113. The first kappa shape index (κ1) is 50.4. The SMILES string of the molecule is C1CCC(P(C2CCCCC2)C2CCCCC2)CC1.CC(C)C1=CCCCC1N1[C]N(C2C=CCCC2C(C)C)[C@H](c2ccccc2)[C@H]1c1ccccc1.[Cl][Ru]([Cl])=[CH]c1ccccc1. The van der Waals surface area contributed by atoms with Gasteiger partial charge in [0.1, 0.15) is 6.67 Å². The van der Waals surface area contributed by atoms with Gasteiger partial charge < -0.3 is 0 Å². The van der Waals surface area contributed by atoms with Crippen LogP contribution in [0.3, 0.4) is 0 Å². The molecular weight excluding hydrogens is 928 g/mol. The van der Waals surface area contributed by atoms with Gasteiger partial charge in [0.05, 0.1) is 12.1 Å². The second-order valence-electron chi connectivity index (χ2n) is 20.4. The summed E-state index contributed by atoms with van der Waals surface area (Å²) in [6.07, 6.45) is 37.2. The van der Waals surface area contributed by atoms with Crippen LogP contribution in [0.2, 0.25) is 0 Å². The molecular formula is C58H81Cl2N2PRu. The molecule has 0 amide bonds. The van der Waals surface area contributed by atoms with Crippen LogP contribution in [0.1, 0.15) is 185 Å². The Balaban J connectivity index is 0.000000175. The predicted molar refractivity (Wildman–Crippen MR) is 277 cm³/mol. The Morgan fingerprint density at radius 1 is 0.578 bits per heavy atom. The fourth-order valence-electron chi connectivity index (χ4n) is 12.4. The molecule has 2 nitrogen and oxygen atoms in total. The Hall–Kier alpha value is -1.44. The van der Waals surface area contributed by atoms with E-state index in [-0.39, 0.29) is 12.1 Å². The van der Waals surface area contributed by atoms with E-state index < -0.39 is 13.5 Å². The van der Waals surface area contributed by atoms with Crippen molar-refractivity contribution >= 4 is 31.9 Å². The van der Waals surface area contributed by atoms with Crippen LogP contribution >= 0.6 is 27.3 Å². The van der Waals surface area contributed by atoms with Gasteiger partial charge in [0.2, 0.25) is 0 Å². The molecule has 1 aliphatic heterocycles. The molecule has 5 aliphatic carbocycles. The molecule has 3 unspecified atom stereocenters. The zero-order chi connectivity index (χ0) is 44.7. The first-order chi connectivity index (χ1) is 31.3. The van der Waals surface area contributed by atoms with Gasteiger partial charge in [-0.2, -0.15) is 0 Å².